The molecule has 1 amide bonds. The van der Waals surface area contributed by atoms with Gasteiger partial charge in [-0.1, -0.05) is 0 Å². The van der Waals surface area contributed by atoms with Crippen molar-refractivity contribution in [1.29, 1.82) is 0 Å². The van der Waals surface area contributed by atoms with Gasteiger partial charge in [-0.25, -0.2) is 4.98 Å². The van der Waals surface area contributed by atoms with Crippen molar-refractivity contribution in [2.24, 2.45) is 0 Å². The van der Waals surface area contributed by atoms with Gasteiger partial charge in [-0.3, -0.25) is 4.79 Å². The molecule has 0 fully saturated rings. The minimum atomic E-state index is -0.147. The van der Waals surface area contributed by atoms with E-state index in [0.717, 1.165) is 5.69 Å². The van der Waals surface area contributed by atoms with Gasteiger partial charge in [-0.15, -0.1) is 0 Å². The predicted molar refractivity (Wildman–Crippen MR) is 61.8 cm³/mol. The van der Waals surface area contributed by atoms with Crippen LogP contribution in [0.25, 0.3) is 0 Å². The van der Waals surface area contributed by atoms with Crippen molar-refractivity contribution in [2.75, 3.05) is 11.1 Å². The Balaban J connectivity index is 2.12. The van der Waals surface area contributed by atoms with E-state index < -0.39 is 0 Å². The summed E-state index contributed by atoms with van der Waals surface area (Å²) in [5.74, 6) is -0.147. The lowest BCUT2D eigenvalue weighted by Gasteiger charge is -2.03. The predicted octanol–water partition coefficient (Wildman–Crippen LogP) is 1.34. The highest BCUT2D eigenvalue weighted by Crippen LogP contribution is 2.09. The summed E-state index contributed by atoms with van der Waals surface area (Å²) in [6, 6.07) is 10.4. The fraction of sp³-hybridized carbons (Fsp3) is 0. The standard InChI is InChI=1S/C12H11N3O/c13-10-3-1-9(2-4-10)12(16)15-11-5-7-14-8-6-11/h1-8H,13H2,(H,14,15,16)/p+1. The molecule has 0 radical (unpaired) electrons. The fourth-order valence-electron chi connectivity index (χ4n) is 1.31. The maximum Gasteiger partial charge on any atom is 0.255 e. The van der Waals surface area contributed by atoms with Crippen LogP contribution in [0.5, 0.6) is 0 Å². The van der Waals surface area contributed by atoms with Crippen LogP contribution in [-0.2, 0) is 0 Å². The summed E-state index contributed by atoms with van der Waals surface area (Å²) in [7, 11) is 0. The SMILES string of the molecule is Nc1ccc(C(=O)Nc2cc[nH+]cc2)cc1. The van der Waals surface area contributed by atoms with Crippen LogP contribution < -0.4 is 16.0 Å². The average Bonchev–Trinajstić information content (AvgIpc) is 2.31. The molecule has 0 aliphatic carbocycles. The van der Waals surface area contributed by atoms with Gasteiger partial charge < -0.3 is 11.1 Å². The molecule has 0 bridgehead atoms. The molecule has 2 rings (SSSR count). The normalized spacial score (nSPS) is 9.75. The molecule has 0 saturated heterocycles. The molecule has 80 valence electrons. The number of hydrogen-bond acceptors (Lipinski definition) is 2. The van der Waals surface area contributed by atoms with Gasteiger partial charge in [0.15, 0.2) is 12.4 Å². The molecule has 0 spiro atoms. The zero-order chi connectivity index (χ0) is 11.4. The fourth-order valence-corrected chi connectivity index (χ4v) is 1.31. The maximum absolute atomic E-state index is 11.8. The van der Waals surface area contributed by atoms with Crippen LogP contribution in [0, 0.1) is 0 Å². The molecule has 0 unspecified atom stereocenters. The summed E-state index contributed by atoms with van der Waals surface area (Å²) in [6.07, 6.45) is 3.50. The molecule has 0 aliphatic rings. The molecule has 16 heavy (non-hydrogen) atoms. The van der Waals surface area contributed by atoms with E-state index in [1.165, 1.54) is 0 Å². The van der Waals surface area contributed by atoms with Crippen LogP contribution in [0.4, 0.5) is 11.4 Å². The molecule has 1 heterocycles. The van der Waals surface area contributed by atoms with Crippen LogP contribution in [0.15, 0.2) is 48.8 Å². The van der Waals surface area contributed by atoms with E-state index in [0.29, 0.717) is 11.3 Å². The van der Waals surface area contributed by atoms with Gasteiger partial charge in [0.25, 0.3) is 5.91 Å². The highest BCUT2D eigenvalue weighted by Gasteiger charge is 2.05. The van der Waals surface area contributed by atoms with Crippen molar-refractivity contribution in [2.45, 2.75) is 0 Å². The van der Waals surface area contributed by atoms with Gasteiger partial charge in [0.2, 0.25) is 0 Å². The number of carbonyl (C=O) groups excluding carboxylic acids is 1. The third kappa shape index (κ3) is 2.36. The minimum Gasteiger partial charge on any atom is -0.399 e. The highest BCUT2D eigenvalue weighted by molar-refractivity contribution is 6.04. The monoisotopic (exact) mass is 214 g/mol. The van der Waals surface area contributed by atoms with Crippen molar-refractivity contribution in [3.05, 3.63) is 54.4 Å². The number of benzene rings is 1. The summed E-state index contributed by atoms with van der Waals surface area (Å²) in [4.78, 5) is 14.6. The van der Waals surface area contributed by atoms with E-state index in [1.807, 2.05) is 0 Å². The van der Waals surface area contributed by atoms with Crippen molar-refractivity contribution >= 4 is 17.3 Å². The first-order valence-electron chi connectivity index (χ1n) is 4.89. The summed E-state index contributed by atoms with van der Waals surface area (Å²) >= 11 is 0. The highest BCUT2D eigenvalue weighted by atomic mass is 16.1. The van der Waals surface area contributed by atoms with E-state index in [9.17, 15) is 4.79 Å². The van der Waals surface area contributed by atoms with E-state index in [1.54, 1.807) is 48.8 Å². The first-order valence-corrected chi connectivity index (χ1v) is 4.89. The Kier molecular flexibility index (Phi) is 2.82. The summed E-state index contributed by atoms with van der Waals surface area (Å²) in [5.41, 5.74) is 7.52. The zero-order valence-corrected chi connectivity index (χ0v) is 8.60. The number of hydrogen-bond donors (Lipinski definition) is 2. The lowest BCUT2D eigenvalue weighted by atomic mass is 10.2. The Morgan fingerprint density at radius 1 is 1.06 bits per heavy atom. The van der Waals surface area contributed by atoms with E-state index in [4.69, 9.17) is 5.73 Å². The van der Waals surface area contributed by atoms with Gasteiger partial charge >= 0.3 is 0 Å². The second-order valence-electron chi connectivity index (χ2n) is 3.36. The summed E-state index contributed by atoms with van der Waals surface area (Å²) < 4.78 is 0. The smallest absolute Gasteiger partial charge is 0.255 e. The minimum absolute atomic E-state index is 0.147. The molecule has 4 N–H and O–H groups in total. The van der Waals surface area contributed by atoms with Crippen molar-refractivity contribution in [3.8, 4) is 0 Å². The Hall–Kier alpha value is -2.36. The second kappa shape index (κ2) is 4.44. The second-order valence-corrected chi connectivity index (χ2v) is 3.36. The number of aromatic amines is 1. The number of nitrogens with two attached hydrogens (primary N) is 1. The number of carbonyl (C=O) groups is 1. The van der Waals surface area contributed by atoms with Crippen molar-refractivity contribution in [1.82, 2.24) is 0 Å². The number of nitrogens with one attached hydrogen (secondary N) is 2. The number of amides is 1. The number of nitrogen functional groups attached to an aromatic ring is 1. The first kappa shape index (κ1) is 10.2. The number of H-pyrrole nitrogens is 1. The van der Waals surface area contributed by atoms with Gasteiger partial charge in [-0.2, -0.15) is 0 Å². The molecule has 4 heteroatoms. The van der Waals surface area contributed by atoms with E-state index in [2.05, 4.69) is 10.3 Å². The quantitative estimate of drug-likeness (QED) is 0.740. The Labute approximate surface area is 93.1 Å². The van der Waals surface area contributed by atoms with Gasteiger partial charge in [0.1, 0.15) is 0 Å². The van der Waals surface area contributed by atoms with Crippen LogP contribution in [0.1, 0.15) is 10.4 Å². The molecule has 0 saturated carbocycles. The van der Waals surface area contributed by atoms with Gasteiger partial charge in [-0.05, 0) is 24.3 Å². The average molecular weight is 214 g/mol. The number of rotatable bonds is 2. The van der Waals surface area contributed by atoms with Gasteiger partial charge in [0, 0.05) is 23.4 Å². The summed E-state index contributed by atoms with van der Waals surface area (Å²) in [6.45, 7) is 0. The Bertz CT molecular complexity index is 479. The molecular weight excluding hydrogens is 202 g/mol. The third-order valence-corrected chi connectivity index (χ3v) is 2.15. The Morgan fingerprint density at radius 2 is 1.69 bits per heavy atom. The lowest BCUT2D eigenvalue weighted by Crippen LogP contribution is -2.12. The van der Waals surface area contributed by atoms with Crippen molar-refractivity contribution in [3.63, 3.8) is 0 Å². The zero-order valence-electron chi connectivity index (χ0n) is 8.60. The number of pyridine rings is 1. The lowest BCUT2D eigenvalue weighted by molar-refractivity contribution is -0.377. The number of aromatic nitrogens is 1. The molecule has 1 aromatic heterocycles. The van der Waals surface area contributed by atoms with Crippen LogP contribution in [0.3, 0.4) is 0 Å². The van der Waals surface area contributed by atoms with Crippen LogP contribution in [-0.4, -0.2) is 5.91 Å². The molecule has 4 nitrogen and oxygen atoms in total. The number of anilines is 2. The largest absolute Gasteiger partial charge is 0.399 e. The van der Waals surface area contributed by atoms with E-state index >= 15 is 0 Å². The molecule has 1 aromatic carbocycles. The summed E-state index contributed by atoms with van der Waals surface area (Å²) in [5, 5.41) is 2.78. The maximum atomic E-state index is 11.8. The molecule has 0 atom stereocenters. The first-order chi connectivity index (χ1) is 7.75. The third-order valence-electron chi connectivity index (χ3n) is 2.15. The topological polar surface area (TPSA) is 69.3 Å². The van der Waals surface area contributed by atoms with Gasteiger partial charge in [0.05, 0.1) is 5.69 Å². The van der Waals surface area contributed by atoms with Crippen molar-refractivity contribution < 1.29 is 9.78 Å². The molecule has 0 aliphatic heterocycles. The van der Waals surface area contributed by atoms with Crippen LogP contribution in [0.2, 0.25) is 0 Å². The van der Waals surface area contributed by atoms with E-state index in [-0.39, 0.29) is 5.91 Å². The molecular formula is C12H12N3O+. The van der Waals surface area contributed by atoms with Crippen LogP contribution >= 0.6 is 0 Å². The Morgan fingerprint density at radius 3 is 2.31 bits per heavy atom. The molecule has 2 aromatic rings.